The number of carbonyl (C=O) groups excluding carboxylic acids is 1. The van der Waals surface area contributed by atoms with Gasteiger partial charge < -0.3 is 10.5 Å². The number of aromatic amines is 1. The number of amides is 1. The highest BCUT2D eigenvalue weighted by Gasteiger charge is 2.19. The minimum atomic E-state index is -0.574. The van der Waals surface area contributed by atoms with E-state index in [1.165, 1.54) is 0 Å². The number of hydrogen-bond donors (Lipinski definition) is 2. The van der Waals surface area contributed by atoms with Crippen LogP contribution in [-0.4, -0.2) is 32.6 Å². The van der Waals surface area contributed by atoms with Crippen LogP contribution < -0.4 is 10.5 Å². The van der Waals surface area contributed by atoms with Crippen LogP contribution in [0.4, 0.5) is 0 Å². The molecular formula is C17H17N5O2. The Hall–Kier alpha value is -3.22. The second-order valence-corrected chi connectivity index (χ2v) is 5.53. The minimum absolute atomic E-state index is 0.0947. The summed E-state index contributed by atoms with van der Waals surface area (Å²) in [6.45, 7) is 3.78. The van der Waals surface area contributed by atoms with Gasteiger partial charge in [0.05, 0.1) is 11.7 Å². The quantitative estimate of drug-likeness (QED) is 0.750. The average molecular weight is 323 g/mol. The van der Waals surface area contributed by atoms with Crippen molar-refractivity contribution in [2.24, 2.45) is 5.73 Å². The summed E-state index contributed by atoms with van der Waals surface area (Å²) in [7, 11) is 0. The molecule has 0 aliphatic carbocycles. The molecule has 0 aliphatic heterocycles. The Kier molecular flexibility index (Phi) is 4.24. The highest BCUT2D eigenvalue weighted by Crippen LogP contribution is 2.36. The molecule has 0 radical (unpaired) electrons. The SMILES string of the molecule is CC(C)Oc1cc(-c2ccccc2)c(-c2nn[nH]n2)cc1C(N)=O. The molecule has 0 saturated carbocycles. The molecule has 0 bridgehead atoms. The first kappa shape index (κ1) is 15.7. The van der Waals surface area contributed by atoms with E-state index in [0.717, 1.165) is 11.1 Å². The molecule has 0 saturated heterocycles. The van der Waals surface area contributed by atoms with Gasteiger partial charge in [-0.1, -0.05) is 30.3 Å². The number of nitrogens with zero attached hydrogens (tertiary/aromatic N) is 3. The minimum Gasteiger partial charge on any atom is -0.490 e. The molecule has 7 heteroatoms. The largest absolute Gasteiger partial charge is 0.490 e. The fourth-order valence-corrected chi connectivity index (χ4v) is 2.44. The normalized spacial score (nSPS) is 10.8. The second kappa shape index (κ2) is 6.49. The zero-order chi connectivity index (χ0) is 17.1. The van der Waals surface area contributed by atoms with Gasteiger partial charge in [-0.25, -0.2) is 0 Å². The molecule has 7 nitrogen and oxygen atoms in total. The van der Waals surface area contributed by atoms with Gasteiger partial charge in [0, 0.05) is 5.56 Å². The van der Waals surface area contributed by atoms with Gasteiger partial charge in [0.25, 0.3) is 5.91 Å². The number of rotatable bonds is 5. The predicted molar refractivity (Wildman–Crippen MR) is 89.3 cm³/mol. The monoisotopic (exact) mass is 323 g/mol. The number of nitrogens with one attached hydrogen (secondary N) is 1. The molecule has 1 aromatic heterocycles. The van der Waals surface area contributed by atoms with E-state index in [1.54, 1.807) is 12.1 Å². The van der Waals surface area contributed by atoms with Crippen LogP contribution in [0.3, 0.4) is 0 Å². The molecule has 1 heterocycles. The molecule has 3 rings (SSSR count). The van der Waals surface area contributed by atoms with E-state index in [9.17, 15) is 4.79 Å². The fraction of sp³-hybridized carbons (Fsp3) is 0.176. The standard InChI is InChI=1S/C17H17N5O2/c1-10(2)24-15-9-12(11-6-4-3-5-7-11)13(8-14(15)16(18)23)17-19-21-22-20-17/h3-10H,1-2H3,(H2,18,23)(H,19,20,21,22). The lowest BCUT2D eigenvalue weighted by molar-refractivity contribution is 0.0994. The molecule has 0 atom stereocenters. The highest BCUT2D eigenvalue weighted by molar-refractivity contribution is 5.99. The Morgan fingerprint density at radius 2 is 1.92 bits per heavy atom. The summed E-state index contributed by atoms with van der Waals surface area (Å²) in [5.41, 5.74) is 8.23. The second-order valence-electron chi connectivity index (χ2n) is 5.53. The van der Waals surface area contributed by atoms with E-state index in [0.29, 0.717) is 17.1 Å². The first-order valence-electron chi connectivity index (χ1n) is 7.50. The topological polar surface area (TPSA) is 107 Å². The summed E-state index contributed by atoms with van der Waals surface area (Å²) in [4.78, 5) is 11.9. The van der Waals surface area contributed by atoms with Crippen LogP contribution in [-0.2, 0) is 0 Å². The van der Waals surface area contributed by atoms with Crippen molar-refractivity contribution in [3.05, 3.63) is 48.0 Å². The van der Waals surface area contributed by atoms with Crippen molar-refractivity contribution in [2.45, 2.75) is 20.0 Å². The van der Waals surface area contributed by atoms with E-state index in [4.69, 9.17) is 10.5 Å². The third kappa shape index (κ3) is 3.10. The molecule has 0 spiro atoms. The number of benzene rings is 2. The van der Waals surface area contributed by atoms with Crippen LogP contribution in [0.1, 0.15) is 24.2 Å². The number of nitrogens with two attached hydrogens (primary N) is 1. The van der Waals surface area contributed by atoms with E-state index < -0.39 is 5.91 Å². The van der Waals surface area contributed by atoms with Crippen molar-refractivity contribution in [3.63, 3.8) is 0 Å². The van der Waals surface area contributed by atoms with Crippen LogP contribution in [0.15, 0.2) is 42.5 Å². The molecule has 3 N–H and O–H groups in total. The van der Waals surface area contributed by atoms with Gasteiger partial charge >= 0.3 is 0 Å². The molecule has 3 aromatic rings. The average Bonchev–Trinajstić information content (AvgIpc) is 3.09. The first-order valence-corrected chi connectivity index (χ1v) is 7.50. The number of carbonyl (C=O) groups is 1. The highest BCUT2D eigenvalue weighted by atomic mass is 16.5. The van der Waals surface area contributed by atoms with Gasteiger partial charge in [0.2, 0.25) is 5.82 Å². The van der Waals surface area contributed by atoms with Crippen molar-refractivity contribution in [2.75, 3.05) is 0 Å². The molecular weight excluding hydrogens is 306 g/mol. The number of primary amides is 1. The number of H-pyrrole nitrogens is 1. The summed E-state index contributed by atoms with van der Waals surface area (Å²) in [6.07, 6.45) is -0.0947. The number of hydrogen-bond acceptors (Lipinski definition) is 5. The third-order valence-corrected chi connectivity index (χ3v) is 3.42. The van der Waals surface area contributed by atoms with E-state index in [-0.39, 0.29) is 11.7 Å². The van der Waals surface area contributed by atoms with Gasteiger partial charge in [-0.05, 0) is 42.3 Å². The van der Waals surface area contributed by atoms with Gasteiger partial charge in [0.15, 0.2) is 0 Å². The van der Waals surface area contributed by atoms with Crippen molar-refractivity contribution < 1.29 is 9.53 Å². The van der Waals surface area contributed by atoms with Crippen LogP contribution in [0.5, 0.6) is 5.75 Å². The summed E-state index contributed by atoms with van der Waals surface area (Å²) < 4.78 is 5.78. The number of aromatic nitrogens is 4. The molecule has 0 fully saturated rings. The maximum atomic E-state index is 11.9. The van der Waals surface area contributed by atoms with Gasteiger partial charge in [0.1, 0.15) is 5.75 Å². The maximum Gasteiger partial charge on any atom is 0.252 e. The van der Waals surface area contributed by atoms with E-state index >= 15 is 0 Å². The van der Waals surface area contributed by atoms with E-state index in [2.05, 4.69) is 20.6 Å². The maximum absolute atomic E-state index is 11.9. The van der Waals surface area contributed by atoms with Crippen LogP contribution >= 0.6 is 0 Å². The smallest absolute Gasteiger partial charge is 0.252 e. The van der Waals surface area contributed by atoms with Crippen LogP contribution in [0.25, 0.3) is 22.5 Å². The number of ether oxygens (including phenoxy) is 1. The van der Waals surface area contributed by atoms with Crippen LogP contribution in [0.2, 0.25) is 0 Å². The third-order valence-electron chi connectivity index (χ3n) is 3.42. The van der Waals surface area contributed by atoms with Crippen LogP contribution in [0, 0.1) is 0 Å². The summed E-state index contributed by atoms with van der Waals surface area (Å²) in [5.74, 6) is 0.242. The molecule has 24 heavy (non-hydrogen) atoms. The zero-order valence-electron chi connectivity index (χ0n) is 13.4. The van der Waals surface area contributed by atoms with Gasteiger partial charge in [-0.2, -0.15) is 5.21 Å². The summed E-state index contributed by atoms with van der Waals surface area (Å²) in [5, 5.41) is 14.1. The van der Waals surface area contributed by atoms with Crippen molar-refractivity contribution in [1.29, 1.82) is 0 Å². The Balaban J connectivity index is 2.26. The lowest BCUT2D eigenvalue weighted by atomic mass is 9.96. The predicted octanol–water partition coefficient (Wildman–Crippen LogP) is 2.42. The number of tetrazole rings is 1. The van der Waals surface area contributed by atoms with E-state index in [1.807, 2.05) is 44.2 Å². The Morgan fingerprint density at radius 3 is 2.50 bits per heavy atom. The molecule has 2 aromatic carbocycles. The molecule has 0 unspecified atom stereocenters. The van der Waals surface area contributed by atoms with Crippen molar-refractivity contribution >= 4 is 5.91 Å². The van der Waals surface area contributed by atoms with Crippen molar-refractivity contribution in [1.82, 2.24) is 20.6 Å². The van der Waals surface area contributed by atoms with Gasteiger partial charge in [-0.3, -0.25) is 4.79 Å². The first-order chi connectivity index (χ1) is 11.6. The summed E-state index contributed by atoms with van der Waals surface area (Å²) in [6, 6.07) is 13.2. The van der Waals surface area contributed by atoms with Crippen molar-refractivity contribution in [3.8, 4) is 28.3 Å². The molecule has 0 aliphatic rings. The Morgan fingerprint density at radius 1 is 1.17 bits per heavy atom. The Bertz CT molecular complexity index is 845. The lowest BCUT2D eigenvalue weighted by Gasteiger charge is -2.16. The van der Waals surface area contributed by atoms with Gasteiger partial charge in [-0.15, -0.1) is 10.2 Å². The Labute approximate surface area is 138 Å². The summed E-state index contributed by atoms with van der Waals surface area (Å²) >= 11 is 0. The fourth-order valence-electron chi connectivity index (χ4n) is 2.44. The lowest BCUT2D eigenvalue weighted by Crippen LogP contribution is -2.16. The molecule has 122 valence electrons. The molecule has 1 amide bonds. The zero-order valence-corrected chi connectivity index (χ0v) is 13.4.